The number of carbonyl (C=O) groups excluding carboxylic acids is 1. The van der Waals surface area contributed by atoms with Crippen molar-refractivity contribution in [1.29, 1.82) is 0 Å². The molecule has 2 heterocycles. The first-order valence-corrected chi connectivity index (χ1v) is 11.7. The van der Waals surface area contributed by atoms with E-state index in [1.165, 1.54) is 6.07 Å². The Morgan fingerprint density at radius 2 is 1.82 bits per heavy atom. The van der Waals surface area contributed by atoms with Crippen molar-refractivity contribution < 1.29 is 22.5 Å². The van der Waals surface area contributed by atoms with E-state index in [0.29, 0.717) is 22.6 Å². The van der Waals surface area contributed by atoms with Crippen molar-refractivity contribution in [3.05, 3.63) is 95.4 Å². The summed E-state index contributed by atoms with van der Waals surface area (Å²) in [6.07, 6.45) is 0. The number of esters is 1. The topological polar surface area (TPSA) is 124 Å². The van der Waals surface area contributed by atoms with Crippen LogP contribution in [0.25, 0.3) is 11.4 Å². The van der Waals surface area contributed by atoms with Crippen LogP contribution in [-0.2, 0) is 21.4 Å². The predicted molar refractivity (Wildman–Crippen MR) is 124 cm³/mol. The molecule has 1 N–H and O–H groups in total. The first-order valence-electron chi connectivity index (χ1n) is 10.3. The molecule has 0 saturated heterocycles. The maximum Gasteiger partial charge on any atom is 0.338 e. The fraction of sp³-hybridized carbons (Fsp3) is 0.0833. The van der Waals surface area contributed by atoms with Gasteiger partial charge in [0.25, 0.3) is 15.9 Å². The lowest BCUT2D eigenvalue weighted by atomic mass is 10.1. The molecule has 170 valence electrons. The molecule has 4 aromatic rings. The van der Waals surface area contributed by atoms with E-state index in [2.05, 4.69) is 19.9 Å². The molecule has 1 aromatic heterocycles. The van der Waals surface area contributed by atoms with Gasteiger partial charge >= 0.3 is 5.97 Å². The summed E-state index contributed by atoms with van der Waals surface area (Å²) in [5.41, 5.74) is 3.26. The normalized spacial score (nSPS) is 13.7. The van der Waals surface area contributed by atoms with Gasteiger partial charge in [-0.25, -0.2) is 4.79 Å². The lowest BCUT2D eigenvalue weighted by Crippen LogP contribution is -2.11. The molecule has 3 aromatic carbocycles. The number of hydrogen-bond donors (Lipinski definition) is 1. The zero-order chi connectivity index (χ0) is 23.7. The van der Waals surface area contributed by atoms with Gasteiger partial charge in [0.05, 0.1) is 5.56 Å². The summed E-state index contributed by atoms with van der Waals surface area (Å²) in [5.74, 6) is 0.269. The molecule has 5 rings (SSSR count). The van der Waals surface area contributed by atoms with Crippen molar-refractivity contribution >= 4 is 27.5 Å². The molecule has 9 nitrogen and oxygen atoms in total. The molecule has 0 atom stereocenters. The first kappa shape index (κ1) is 21.5. The number of carbonyl (C=O) groups is 1. The molecule has 0 spiro atoms. The van der Waals surface area contributed by atoms with E-state index >= 15 is 0 Å². The molecule has 1 aliphatic rings. The zero-order valence-electron chi connectivity index (χ0n) is 17.9. The Kier molecular flexibility index (Phi) is 5.42. The Hall–Kier alpha value is -4.31. The predicted octanol–water partition coefficient (Wildman–Crippen LogP) is 3.96. The van der Waals surface area contributed by atoms with E-state index in [1.807, 2.05) is 31.2 Å². The van der Waals surface area contributed by atoms with Gasteiger partial charge in [-0.05, 0) is 49.4 Å². The van der Waals surface area contributed by atoms with Crippen molar-refractivity contribution in [2.24, 2.45) is 4.40 Å². The molecule has 0 radical (unpaired) electrons. The highest BCUT2D eigenvalue weighted by Crippen LogP contribution is 2.27. The van der Waals surface area contributed by atoms with Crippen molar-refractivity contribution in [2.75, 3.05) is 5.32 Å². The van der Waals surface area contributed by atoms with Gasteiger partial charge in [-0.15, -0.1) is 4.40 Å². The van der Waals surface area contributed by atoms with Crippen LogP contribution in [0.15, 0.2) is 86.6 Å². The Labute approximate surface area is 195 Å². The number of amidine groups is 1. The van der Waals surface area contributed by atoms with Gasteiger partial charge in [-0.3, -0.25) is 0 Å². The van der Waals surface area contributed by atoms with Crippen molar-refractivity contribution in [2.45, 2.75) is 18.4 Å². The van der Waals surface area contributed by atoms with Crippen molar-refractivity contribution in [3.8, 4) is 11.4 Å². The van der Waals surface area contributed by atoms with E-state index in [9.17, 15) is 13.2 Å². The Balaban J connectivity index is 1.22. The van der Waals surface area contributed by atoms with Crippen LogP contribution >= 0.6 is 0 Å². The molecular formula is C24H18N4O5S. The monoisotopic (exact) mass is 474 g/mol. The highest BCUT2D eigenvalue weighted by molar-refractivity contribution is 7.90. The minimum atomic E-state index is -3.72. The summed E-state index contributed by atoms with van der Waals surface area (Å²) in [5, 5.41) is 6.91. The number of nitrogens with one attached hydrogen (secondary N) is 1. The van der Waals surface area contributed by atoms with Crippen LogP contribution in [0, 0.1) is 6.92 Å². The summed E-state index contributed by atoms with van der Waals surface area (Å²) >= 11 is 0. The lowest BCUT2D eigenvalue weighted by Gasteiger charge is -2.07. The van der Waals surface area contributed by atoms with Gasteiger partial charge in [-0.1, -0.05) is 41.1 Å². The third-order valence-corrected chi connectivity index (χ3v) is 6.42. The molecule has 1 aliphatic heterocycles. The summed E-state index contributed by atoms with van der Waals surface area (Å²) in [4.78, 5) is 16.8. The summed E-state index contributed by atoms with van der Waals surface area (Å²) in [7, 11) is -3.72. The molecule has 0 amide bonds. The standard InChI is InChI=1S/C24H18N4O5S/c1-15-5-4-6-17(13-15)22-26-21(33-27-22)14-32-24(29)16-9-11-18(12-10-16)25-23-19-7-2-3-8-20(19)34(30,31)28-23/h2-13H,14H2,1H3,(H,25,28). The highest BCUT2D eigenvalue weighted by Gasteiger charge is 2.28. The van der Waals surface area contributed by atoms with Gasteiger partial charge < -0.3 is 14.6 Å². The second-order valence-corrected chi connectivity index (χ2v) is 9.14. The molecule has 0 aliphatic carbocycles. The number of aromatic nitrogens is 2. The number of rotatable bonds is 5. The number of fused-ring (bicyclic) bond motifs is 1. The molecule has 10 heteroatoms. The minimum absolute atomic E-state index is 0.157. The van der Waals surface area contributed by atoms with Crippen LogP contribution in [0.1, 0.15) is 27.4 Å². The van der Waals surface area contributed by atoms with Crippen LogP contribution in [0.2, 0.25) is 0 Å². The van der Waals surface area contributed by atoms with Gasteiger partial charge in [0, 0.05) is 16.8 Å². The Morgan fingerprint density at radius 1 is 1.03 bits per heavy atom. The minimum Gasteiger partial charge on any atom is -0.452 e. The summed E-state index contributed by atoms with van der Waals surface area (Å²) in [6, 6.07) is 20.6. The van der Waals surface area contributed by atoms with Crippen LogP contribution < -0.4 is 5.32 Å². The maximum absolute atomic E-state index is 12.4. The van der Waals surface area contributed by atoms with Crippen molar-refractivity contribution in [3.63, 3.8) is 0 Å². The van der Waals surface area contributed by atoms with Crippen LogP contribution in [-0.4, -0.2) is 30.4 Å². The second-order valence-electron chi connectivity index (χ2n) is 7.57. The van der Waals surface area contributed by atoms with Gasteiger partial charge in [0.15, 0.2) is 12.4 Å². The van der Waals surface area contributed by atoms with E-state index in [0.717, 1.165) is 11.1 Å². The number of aryl methyl sites for hydroxylation is 1. The fourth-order valence-corrected chi connectivity index (χ4v) is 4.62. The van der Waals surface area contributed by atoms with Gasteiger partial charge in [0.2, 0.25) is 5.82 Å². The van der Waals surface area contributed by atoms with E-state index < -0.39 is 16.0 Å². The number of ether oxygens (including phenoxy) is 1. The first-order chi connectivity index (χ1) is 16.4. The van der Waals surface area contributed by atoms with E-state index in [4.69, 9.17) is 9.26 Å². The second kappa shape index (κ2) is 8.56. The molecule has 0 fully saturated rings. The lowest BCUT2D eigenvalue weighted by molar-refractivity contribution is 0.0430. The van der Waals surface area contributed by atoms with Crippen LogP contribution in [0.3, 0.4) is 0 Å². The molecule has 0 saturated carbocycles. The average molecular weight is 474 g/mol. The number of hydrogen-bond acceptors (Lipinski definition) is 8. The fourth-order valence-electron chi connectivity index (χ4n) is 3.45. The number of benzene rings is 3. The summed E-state index contributed by atoms with van der Waals surface area (Å²) in [6.45, 7) is 1.80. The van der Waals surface area contributed by atoms with Crippen LogP contribution in [0.4, 0.5) is 5.69 Å². The smallest absolute Gasteiger partial charge is 0.338 e. The molecule has 0 unspecified atom stereocenters. The quantitative estimate of drug-likeness (QED) is 0.431. The van der Waals surface area contributed by atoms with Gasteiger partial charge in [-0.2, -0.15) is 13.4 Å². The number of sulfonamides is 1. The number of anilines is 1. The van der Waals surface area contributed by atoms with Gasteiger partial charge in [0.1, 0.15) is 4.90 Å². The zero-order valence-corrected chi connectivity index (χ0v) is 18.7. The van der Waals surface area contributed by atoms with E-state index in [-0.39, 0.29) is 23.2 Å². The molecular weight excluding hydrogens is 456 g/mol. The molecule has 0 bridgehead atoms. The van der Waals surface area contributed by atoms with Crippen molar-refractivity contribution in [1.82, 2.24) is 10.1 Å². The largest absolute Gasteiger partial charge is 0.452 e. The third kappa shape index (κ3) is 4.30. The maximum atomic E-state index is 12.4. The van der Waals surface area contributed by atoms with E-state index in [1.54, 1.807) is 42.5 Å². The Morgan fingerprint density at radius 3 is 2.62 bits per heavy atom. The third-order valence-electron chi connectivity index (χ3n) is 5.09. The highest BCUT2D eigenvalue weighted by atomic mass is 32.2. The average Bonchev–Trinajstić information content (AvgIpc) is 3.41. The Bertz CT molecular complexity index is 1520. The number of nitrogens with zero attached hydrogens (tertiary/aromatic N) is 3. The van der Waals surface area contributed by atoms with Crippen LogP contribution in [0.5, 0.6) is 0 Å². The molecule has 34 heavy (non-hydrogen) atoms. The SMILES string of the molecule is Cc1cccc(-c2noc(COC(=O)c3ccc(NC4=NS(=O)(=O)c5ccccc54)cc3)n2)c1. The summed E-state index contributed by atoms with van der Waals surface area (Å²) < 4.78 is 38.6.